The van der Waals surface area contributed by atoms with Crippen LogP contribution in [0, 0.1) is 0 Å². The van der Waals surface area contributed by atoms with Crippen LogP contribution in [0.1, 0.15) is 0 Å². The first-order valence-corrected chi connectivity index (χ1v) is 11.9. The number of nitrogens with one attached hydrogen (secondary N) is 1. The maximum atomic E-state index is 12.7. The van der Waals surface area contributed by atoms with Crippen LogP contribution in [-0.2, 0) is 39.6 Å². The van der Waals surface area contributed by atoms with Crippen molar-refractivity contribution in [3.8, 4) is 0 Å². The molecule has 14 heteroatoms. The molecule has 1 rings (SSSR count). The minimum atomic E-state index is -3.00. The fourth-order valence-corrected chi connectivity index (χ4v) is 5.77. The van der Waals surface area contributed by atoms with E-state index in [4.69, 9.17) is 26.6 Å². The third-order valence-corrected chi connectivity index (χ3v) is 9.72. The second kappa shape index (κ2) is 10.2. The minimum Gasteiger partial charge on any atom is -0.377 e. The highest BCUT2D eigenvalue weighted by Crippen LogP contribution is 2.13. The third-order valence-electron chi connectivity index (χ3n) is 4.32. The van der Waals surface area contributed by atoms with Crippen molar-refractivity contribution in [1.29, 1.82) is 0 Å². The molecule has 1 heterocycles. The lowest BCUT2D eigenvalue weighted by atomic mass is 10.6. The van der Waals surface area contributed by atoms with Crippen molar-refractivity contribution < 1.29 is 26.6 Å². The van der Waals surface area contributed by atoms with Crippen LogP contribution in [0.15, 0.2) is 14.4 Å². The summed E-state index contributed by atoms with van der Waals surface area (Å²) in [5.41, 5.74) is -2.40. The topological polar surface area (TPSA) is 132 Å². The summed E-state index contributed by atoms with van der Waals surface area (Å²) in [6, 6.07) is 0.342. The van der Waals surface area contributed by atoms with Gasteiger partial charge in [0.05, 0.1) is 0 Å². The van der Waals surface area contributed by atoms with Crippen molar-refractivity contribution in [3.05, 3.63) is 31.5 Å². The van der Waals surface area contributed by atoms with Gasteiger partial charge in [-0.1, -0.05) is 0 Å². The normalized spacial score (nSPS) is 12.5. The highest BCUT2D eigenvalue weighted by atomic mass is 28.4. The van der Waals surface area contributed by atoms with Crippen molar-refractivity contribution in [3.63, 3.8) is 0 Å². The van der Waals surface area contributed by atoms with E-state index in [1.165, 1.54) is 42.7 Å². The quantitative estimate of drug-likeness (QED) is 0.395. The molecule has 156 valence electrons. The van der Waals surface area contributed by atoms with Crippen LogP contribution in [0.25, 0.3) is 0 Å². The number of nitrogens with zero attached hydrogens (tertiary/aromatic N) is 2. The molecule has 12 nitrogen and oxygen atoms in total. The molecular formula is C13H27N3O9Si2. The van der Waals surface area contributed by atoms with Gasteiger partial charge in [-0.3, -0.25) is 4.98 Å². The molecule has 27 heavy (non-hydrogen) atoms. The van der Waals surface area contributed by atoms with E-state index in [1.54, 1.807) is 0 Å². The lowest BCUT2D eigenvalue weighted by molar-refractivity contribution is 0.121. The smallest absolute Gasteiger partial charge is 0.377 e. The van der Waals surface area contributed by atoms with Crippen molar-refractivity contribution in [2.24, 2.45) is 0 Å². The fraction of sp³-hybridized carbons (Fsp3) is 0.769. The Labute approximate surface area is 158 Å². The average Bonchev–Trinajstić information content (AvgIpc) is 2.68. The maximum Gasteiger partial charge on any atom is 0.501 e. The van der Waals surface area contributed by atoms with Crippen molar-refractivity contribution >= 4 is 17.6 Å². The Kier molecular flexibility index (Phi) is 8.96. The van der Waals surface area contributed by atoms with E-state index >= 15 is 0 Å². The van der Waals surface area contributed by atoms with E-state index in [0.717, 1.165) is 9.13 Å². The van der Waals surface area contributed by atoms with E-state index in [1.807, 2.05) is 0 Å². The molecule has 0 saturated heterocycles. The largest absolute Gasteiger partial charge is 0.501 e. The molecule has 0 spiro atoms. The third kappa shape index (κ3) is 5.32. The standard InChI is InChI=1S/C13H27N3O9Si2/c1-20-26(21-2,22-3)9-7-15-11(17)14-12(18)16(13(15)19)8-10-27(23-4,24-5)25-6/h7-10H2,1-6H3,(H,14,17,18). The summed E-state index contributed by atoms with van der Waals surface area (Å²) < 4.78 is 33.5. The Hall–Kier alpha value is -1.40. The number of H-pyrrole nitrogens is 1. The first-order chi connectivity index (χ1) is 12.8. The van der Waals surface area contributed by atoms with E-state index in [0.29, 0.717) is 0 Å². The Morgan fingerprint density at radius 3 is 1.22 bits per heavy atom. The van der Waals surface area contributed by atoms with Crippen LogP contribution < -0.4 is 17.1 Å². The van der Waals surface area contributed by atoms with Crippen LogP contribution >= 0.6 is 0 Å². The Bertz CT molecular complexity index is 692. The van der Waals surface area contributed by atoms with Crippen LogP contribution in [0.2, 0.25) is 12.1 Å². The van der Waals surface area contributed by atoms with Crippen LogP contribution in [0.3, 0.4) is 0 Å². The van der Waals surface area contributed by atoms with Gasteiger partial charge in [0.2, 0.25) is 0 Å². The fourth-order valence-electron chi connectivity index (χ4n) is 2.55. The lowest BCUT2D eigenvalue weighted by Gasteiger charge is -2.25. The number of aromatic amines is 1. The summed E-state index contributed by atoms with van der Waals surface area (Å²) in [4.78, 5) is 39.0. The summed E-state index contributed by atoms with van der Waals surface area (Å²) in [7, 11) is 2.58. The zero-order valence-corrected chi connectivity index (χ0v) is 18.4. The highest BCUT2D eigenvalue weighted by Gasteiger charge is 2.39. The van der Waals surface area contributed by atoms with E-state index in [2.05, 4.69) is 4.98 Å². The summed E-state index contributed by atoms with van der Waals surface area (Å²) >= 11 is 0. The van der Waals surface area contributed by atoms with E-state index in [9.17, 15) is 14.4 Å². The Morgan fingerprint density at radius 2 is 0.963 bits per heavy atom. The minimum absolute atomic E-state index is 0.0441. The molecule has 0 aromatic carbocycles. The number of hydrogen-bond donors (Lipinski definition) is 1. The van der Waals surface area contributed by atoms with Crippen LogP contribution in [-0.4, -0.2) is 74.4 Å². The Morgan fingerprint density at radius 1 is 0.667 bits per heavy atom. The van der Waals surface area contributed by atoms with Crippen LogP contribution in [0.5, 0.6) is 0 Å². The van der Waals surface area contributed by atoms with Gasteiger partial charge < -0.3 is 26.6 Å². The molecule has 1 N–H and O–H groups in total. The SMILES string of the molecule is CO[Si](CCn1c(=O)[nH]c(=O)n(CC[Si](OC)(OC)OC)c1=O)(OC)OC. The highest BCUT2D eigenvalue weighted by molar-refractivity contribution is 6.60. The predicted octanol–water partition coefficient (Wildman–Crippen LogP) is -1.55. The van der Waals surface area contributed by atoms with Gasteiger partial charge in [0, 0.05) is 67.8 Å². The summed E-state index contributed by atoms with van der Waals surface area (Å²) in [6.45, 7) is -0.0881. The van der Waals surface area contributed by atoms with Crippen molar-refractivity contribution in [2.75, 3.05) is 42.7 Å². The molecule has 1 aromatic rings. The van der Waals surface area contributed by atoms with Gasteiger partial charge in [-0.25, -0.2) is 23.5 Å². The van der Waals surface area contributed by atoms with Gasteiger partial charge in [-0.2, -0.15) is 0 Å². The van der Waals surface area contributed by atoms with Crippen LogP contribution in [0.4, 0.5) is 0 Å². The lowest BCUT2D eigenvalue weighted by Crippen LogP contribution is -2.52. The molecule has 0 bridgehead atoms. The molecule has 0 amide bonds. The first-order valence-electron chi connectivity index (χ1n) is 8.02. The monoisotopic (exact) mass is 425 g/mol. The van der Waals surface area contributed by atoms with Gasteiger partial charge in [0.25, 0.3) is 0 Å². The maximum absolute atomic E-state index is 12.7. The molecule has 0 aliphatic carbocycles. The number of aromatic nitrogens is 3. The second-order valence-electron chi connectivity index (χ2n) is 5.41. The van der Waals surface area contributed by atoms with Gasteiger partial charge in [0.15, 0.2) is 0 Å². The molecular weight excluding hydrogens is 398 g/mol. The van der Waals surface area contributed by atoms with E-state index in [-0.39, 0.29) is 25.2 Å². The molecule has 0 saturated carbocycles. The van der Waals surface area contributed by atoms with Gasteiger partial charge in [-0.05, 0) is 0 Å². The molecule has 0 fully saturated rings. The van der Waals surface area contributed by atoms with Crippen molar-refractivity contribution in [2.45, 2.75) is 25.2 Å². The molecule has 0 aliphatic heterocycles. The van der Waals surface area contributed by atoms with Crippen molar-refractivity contribution in [1.82, 2.24) is 14.1 Å². The first kappa shape index (κ1) is 23.6. The second-order valence-corrected chi connectivity index (χ2v) is 11.6. The van der Waals surface area contributed by atoms with Gasteiger partial charge in [-0.15, -0.1) is 0 Å². The zero-order chi connectivity index (χ0) is 20.7. The molecule has 0 atom stereocenters. The summed E-state index contributed by atoms with van der Waals surface area (Å²) in [5, 5.41) is 0. The van der Waals surface area contributed by atoms with Gasteiger partial charge in [0.1, 0.15) is 0 Å². The number of hydrogen-bond acceptors (Lipinski definition) is 9. The van der Waals surface area contributed by atoms with E-state index < -0.39 is 34.7 Å². The molecule has 0 aliphatic rings. The Balaban J connectivity index is 3.17. The molecule has 0 radical (unpaired) electrons. The summed E-state index contributed by atoms with van der Waals surface area (Å²) in [6.07, 6.45) is 0. The summed E-state index contributed by atoms with van der Waals surface area (Å²) in [5.74, 6) is 0. The zero-order valence-electron chi connectivity index (χ0n) is 16.4. The average molecular weight is 426 g/mol. The van der Waals surface area contributed by atoms with Gasteiger partial charge >= 0.3 is 34.7 Å². The number of rotatable bonds is 12. The molecule has 1 aromatic heterocycles. The predicted molar refractivity (Wildman–Crippen MR) is 98.8 cm³/mol. The molecule has 0 unspecified atom stereocenters.